The largest absolute Gasteiger partial charge is 0.374 e. The fourth-order valence-corrected chi connectivity index (χ4v) is 17.1. The predicted octanol–water partition coefficient (Wildman–Crippen LogP) is 14.9. The van der Waals surface area contributed by atoms with E-state index in [9.17, 15) is 11.1 Å². The maximum Gasteiger partial charge on any atom is 0.187 e. The van der Waals surface area contributed by atoms with Crippen molar-refractivity contribution in [3.63, 3.8) is 0 Å². The van der Waals surface area contributed by atoms with Gasteiger partial charge in [-0.25, -0.2) is 0 Å². The lowest BCUT2D eigenvalue weighted by atomic mass is 9.86. The molecule has 0 aromatic heterocycles. The van der Waals surface area contributed by atoms with Gasteiger partial charge in [0.25, 0.3) is 0 Å². The summed E-state index contributed by atoms with van der Waals surface area (Å²) in [6.45, 7) is 25.0. The first-order valence-electron chi connectivity index (χ1n) is 40.0. The lowest BCUT2D eigenvalue weighted by molar-refractivity contribution is -0.340. The van der Waals surface area contributed by atoms with Crippen LogP contribution in [0.2, 0.25) is 0 Å². The molecule has 8 heterocycles. The van der Waals surface area contributed by atoms with Crippen LogP contribution in [0.15, 0.2) is 192 Å². The van der Waals surface area contributed by atoms with Crippen molar-refractivity contribution < 1.29 is 94.7 Å². The van der Waals surface area contributed by atoms with Gasteiger partial charge >= 0.3 is 0 Å². The zero-order valence-corrected chi connectivity index (χ0v) is 67.7. The van der Waals surface area contributed by atoms with E-state index in [-0.39, 0.29) is 80.6 Å². The zero-order chi connectivity index (χ0) is 79.9. The number of rotatable bonds is 30. The fraction of sp³-hybridized carbons (Fsp3) is 0.586. The van der Waals surface area contributed by atoms with Gasteiger partial charge in [-0.2, -0.15) is 0 Å². The van der Waals surface area contributed by atoms with Crippen molar-refractivity contribution in [3.05, 3.63) is 236 Å². The monoisotopic (exact) mass is 1590 g/mol. The average Bonchev–Trinajstić information content (AvgIpc) is 1.60. The van der Waals surface area contributed by atoms with Gasteiger partial charge in [-0.05, 0) is 105 Å². The molecule has 0 bridgehead atoms. The molecule has 8 aliphatic heterocycles. The highest BCUT2D eigenvalue weighted by Crippen LogP contribution is 2.46. The molecular formula is C87H112N6O20S. The number of ether oxygens (including phenoxy) is 20. The van der Waals surface area contributed by atoms with Crippen LogP contribution < -0.4 is 0 Å². The van der Waals surface area contributed by atoms with Crippen LogP contribution in [-0.2, 0) is 134 Å². The Labute approximate surface area is 674 Å². The highest BCUT2D eigenvalue weighted by molar-refractivity contribution is 7.80. The Hall–Kier alpha value is -6.51. The summed E-state index contributed by atoms with van der Waals surface area (Å²) >= 11 is 4.81. The third-order valence-electron chi connectivity index (χ3n) is 22.4. The summed E-state index contributed by atoms with van der Waals surface area (Å²) in [5.41, 5.74) is 24.8. The Kier molecular flexibility index (Phi) is 30.2. The second-order valence-electron chi connectivity index (χ2n) is 31.8. The Morgan fingerprint density at radius 3 is 1.04 bits per heavy atom. The molecule has 616 valence electrons. The molecule has 14 rings (SSSR count). The van der Waals surface area contributed by atoms with Crippen molar-refractivity contribution in [1.29, 1.82) is 0 Å². The quantitative estimate of drug-likeness (QED) is 0.0190. The van der Waals surface area contributed by atoms with Crippen LogP contribution in [0.1, 0.15) is 110 Å². The number of thiol groups is 1. The van der Waals surface area contributed by atoms with Crippen molar-refractivity contribution >= 4 is 12.6 Å². The number of benzene rings is 6. The van der Waals surface area contributed by atoms with Crippen molar-refractivity contribution in [2.24, 2.45) is 33.9 Å². The Bertz CT molecular complexity index is 3730. The minimum absolute atomic E-state index is 0.207. The Morgan fingerprint density at radius 1 is 0.360 bits per heavy atom. The summed E-state index contributed by atoms with van der Waals surface area (Å²) in [6.07, 6.45) is -11.2. The van der Waals surface area contributed by atoms with Gasteiger partial charge in [0.2, 0.25) is 0 Å². The van der Waals surface area contributed by atoms with E-state index in [1.54, 1.807) is 0 Å². The van der Waals surface area contributed by atoms with Crippen LogP contribution in [0.5, 0.6) is 0 Å². The van der Waals surface area contributed by atoms with Crippen LogP contribution in [0.25, 0.3) is 20.9 Å². The number of hydrogen-bond donors (Lipinski definition) is 1. The van der Waals surface area contributed by atoms with E-state index in [4.69, 9.17) is 107 Å². The normalized spacial score (nSPS) is 36.2. The van der Waals surface area contributed by atoms with Crippen LogP contribution in [0.3, 0.4) is 0 Å². The molecule has 8 aliphatic rings. The highest BCUT2D eigenvalue weighted by Gasteiger charge is 2.61. The number of fused-ring (bicyclic) bond motifs is 2. The number of nitrogens with zero attached hydrogens (tertiary/aromatic N) is 6. The van der Waals surface area contributed by atoms with Crippen molar-refractivity contribution in [3.8, 4) is 0 Å². The summed E-state index contributed by atoms with van der Waals surface area (Å²) in [4.78, 5) is 6.30. The molecule has 6 aromatic carbocycles. The second kappa shape index (κ2) is 40.3. The first kappa shape index (κ1) is 85.4. The van der Waals surface area contributed by atoms with Crippen LogP contribution >= 0.6 is 12.6 Å². The summed E-state index contributed by atoms with van der Waals surface area (Å²) in [5.74, 6) is -2.83. The predicted molar refractivity (Wildman–Crippen MR) is 422 cm³/mol. The second-order valence-corrected chi connectivity index (χ2v) is 32.3. The van der Waals surface area contributed by atoms with E-state index in [2.05, 4.69) is 46.0 Å². The maximum atomic E-state index is 9.54. The third-order valence-corrected chi connectivity index (χ3v) is 22.9. The summed E-state index contributed by atoms with van der Waals surface area (Å²) in [5, 5.41) is 8.27. The first-order valence-corrected chi connectivity index (χ1v) is 40.5. The summed E-state index contributed by atoms with van der Waals surface area (Å²) in [6, 6.07) is 59.0. The molecule has 28 atom stereocenters. The van der Waals surface area contributed by atoms with Gasteiger partial charge in [0, 0.05) is 21.7 Å². The summed E-state index contributed by atoms with van der Waals surface area (Å²) < 4.78 is 130. The average molecular weight is 1590 g/mol. The molecule has 8 fully saturated rings. The van der Waals surface area contributed by atoms with Crippen molar-refractivity contribution in [1.82, 2.24) is 0 Å². The molecule has 6 aromatic rings. The van der Waals surface area contributed by atoms with Crippen molar-refractivity contribution in [2.75, 3.05) is 26.4 Å². The lowest BCUT2D eigenvalue weighted by Crippen LogP contribution is -2.62. The van der Waals surface area contributed by atoms with Gasteiger partial charge in [-0.15, -0.1) is 12.6 Å². The van der Waals surface area contributed by atoms with Gasteiger partial charge in [0.15, 0.2) is 36.7 Å². The molecule has 0 spiro atoms. The summed E-state index contributed by atoms with van der Waals surface area (Å²) in [7, 11) is 0. The minimum Gasteiger partial charge on any atom is -0.374 e. The topological polar surface area (TPSA) is 282 Å². The maximum absolute atomic E-state index is 9.54. The molecular weight excluding hydrogens is 1480 g/mol. The minimum atomic E-state index is -0.952. The molecule has 0 saturated carbocycles. The van der Waals surface area contributed by atoms with Gasteiger partial charge in [-0.1, -0.05) is 220 Å². The Morgan fingerprint density at radius 2 is 0.667 bits per heavy atom. The SMILES string of the molecule is CC1C(OCc2ccccc2)[C@H](OCc2ccccc2)CO[C@H]1O[C@H]1C(C)O[C@@H](OC2C(C)[C@@H](N=[N+]=[N-])C(COCc3ccccc3)O[C@H]2C)C2OC(C)(C)OC21.CC1C(OCc2ccccc2)[C@H](OCc2ccccc2)CO[C@H]1O[C@H]1C(C)O[C@@H](OC2C(C)[C@@H](N=[N+]=[N-])C(COCc3ccccc3)O[C@H]2S)C2OC(C)(C)OC21. The van der Waals surface area contributed by atoms with Gasteiger partial charge in [-0.3, -0.25) is 0 Å². The molecule has 26 nitrogen and oxygen atoms in total. The molecule has 0 radical (unpaired) electrons. The standard InChI is InChI=1S/C44H57N3O10.C43H55N3O10S/c1-27-36(46-47-45)34(25-48-22-31-16-10-7-11-17-31)52-29(3)37(27)54-43-41-40(56-44(5,6)57-41)39(30(4)53-43)55-42-28(2)38(50-24-33-20-14-9-15-21-33)35(26-51-42)49-23-32-18-12-8-13-19-32;1-26-34(45-46-44)32(24-47-21-29-15-9-6-10-16-29)52-42(57)36(26)53-41-39-38(55-43(4,5)56-39)37(28(3)51-41)54-40-27(2)35(49-23-31-19-13-8-14-20-31)33(25-50-40)48-22-30-17-11-7-12-18-30/h7-21,27-30,34-43H,22-26H2,1-6H3;6-20,26-28,32-42,57H,21-25H2,1-5H3/t27?,28?,29-,30?,34?,35+,36+,37?,38?,39-,40?,41?,42-,43-;26?,27?,28?,32?,33-,34-,35?,36?,37+,38?,39?,40+,41+,42+/m01/s1. The third kappa shape index (κ3) is 21.9. The van der Waals surface area contributed by atoms with E-state index < -0.39 is 128 Å². The van der Waals surface area contributed by atoms with Gasteiger partial charge in [0.05, 0.1) is 133 Å². The molecule has 114 heavy (non-hydrogen) atoms. The van der Waals surface area contributed by atoms with Gasteiger partial charge in [0.1, 0.15) is 54.3 Å². The van der Waals surface area contributed by atoms with Gasteiger partial charge < -0.3 is 94.7 Å². The molecule has 0 N–H and O–H groups in total. The first-order chi connectivity index (χ1) is 55.2. The van der Waals surface area contributed by atoms with Crippen molar-refractivity contribution in [2.45, 2.75) is 274 Å². The van der Waals surface area contributed by atoms with Crippen LogP contribution in [0.4, 0.5) is 0 Å². The van der Waals surface area contributed by atoms with Crippen LogP contribution in [0, 0.1) is 23.7 Å². The van der Waals surface area contributed by atoms with E-state index >= 15 is 0 Å². The molecule has 8 saturated heterocycles. The fourth-order valence-electron chi connectivity index (χ4n) is 16.6. The highest BCUT2D eigenvalue weighted by atomic mass is 32.1. The zero-order valence-electron chi connectivity index (χ0n) is 66.9. The Balaban J connectivity index is 0.000000199. The molecule has 16 unspecified atom stereocenters. The molecule has 0 amide bonds. The van der Waals surface area contributed by atoms with E-state index in [0.717, 1.165) is 33.4 Å². The smallest absolute Gasteiger partial charge is 0.187 e. The lowest BCUT2D eigenvalue weighted by Gasteiger charge is -2.48. The van der Waals surface area contributed by atoms with Crippen LogP contribution in [-0.4, -0.2) is 184 Å². The van der Waals surface area contributed by atoms with E-state index in [1.165, 1.54) is 0 Å². The van der Waals surface area contributed by atoms with E-state index in [1.807, 2.05) is 232 Å². The molecule has 0 aliphatic carbocycles. The van der Waals surface area contributed by atoms with E-state index in [0.29, 0.717) is 39.6 Å². The number of hydrogen-bond acceptors (Lipinski definition) is 23. The molecule has 27 heteroatoms. The number of azide groups is 2.